The molecule has 1 aliphatic carbocycles. The van der Waals surface area contributed by atoms with Gasteiger partial charge in [0.25, 0.3) is 0 Å². The van der Waals surface area contributed by atoms with Crippen molar-refractivity contribution in [1.29, 1.82) is 0 Å². The second kappa shape index (κ2) is 7.33. The number of likely N-dealkylation sites (N-methyl/N-ethyl adjacent to an activating group) is 1. The number of ether oxygens (including phenoxy) is 1. The van der Waals surface area contributed by atoms with Crippen LogP contribution in [0.3, 0.4) is 0 Å². The van der Waals surface area contributed by atoms with Crippen LogP contribution in [0.1, 0.15) is 36.4 Å². The van der Waals surface area contributed by atoms with Gasteiger partial charge in [0, 0.05) is 38.7 Å². The fourth-order valence-corrected chi connectivity index (χ4v) is 4.86. The maximum atomic E-state index is 13.9. The number of hydrogen-bond donors (Lipinski definition) is 1. The van der Waals surface area contributed by atoms with E-state index in [0.717, 1.165) is 37.3 Å². The van der Waals surface area contributed by atoms with E-state index in [1.807, 2.05) is 24.9 Å². The average Bonchev–Trinajstić information content (AvgIpc) is 3.24. The van der Waals surface area contributed by atoms with E-state index in [0.29, 0.717) is 6.54 Å². The summed E-state index contributed by atoms with van der Waals surface area (Å²) in [5.74, 6) is 0.172. The number of amides is 1. The Balaban J connectivity index is 1.64. The first-order valence-corrected chi connectivity index (χ1v) is 10.1. The molecule has 0 radical (unpaired) electrons. The molecular formula is C22H30N4O2. The largest absolute Gasteiger partial charge is 0.373 e. The number of rotatable bonds is 4. The first kappa shape index (κ1) is 19.2. The predicted octanol–water partition coefficient (Wildman–Crippen LogP) is 2.32. The molecule has 150 valence electrons. The van der Waals surface area contributed by atoms with E-state index < -0.39 is 5.54 Å². The number of H-pyrrole nitrogens is 1. The first-order valence-electron chi connectivity index (χ1n) is 10.1. The van der Waals surface area contributed by atoms with Crippen LogP contribution in [0.25, 0.3) is 0 Å². The van der Waals surface area contributed by atoms with Gasteiger partial charge in [0.15, 0.2) is 0 Å². The molecule has 0 unspecified atom stereocenters. The van der Waals surface area contributed by atoms with Gasteiger partial charge >= 0.3 is 0 Å². The highest BCUT2D eigenvalue weighted by molar-refractivity contribution is 5.88. The molecule has 1 saturated heterocycles. The number of hydrogen-bond acceptors (Lipinski definition) is 4. The number of fused-ring (bicyclic) bond motifs is 1. The van der Waals surface area contributed by atoms with Gasteiger partial charge in [-0.3, -0.25) is 14.8 Å². The number of aromatic nitrogens is 2. The number of benzene rings is 1. The zero-order valence-electron chi connectivity index (χ0n) is 17.2. The van der Waals surface area contributed by atoms with Gasteiger partial charge in [-0.15, -0.1) is 0 Å². The van der Waals surface area contributed by atoms with E-state index >= 15 is 0 Å². The topological polar surface area (TPSA) is 61.5 Å². The molecule has 2 aliphatic rings. The second-order valence-electron chi connectivity index (χ2n) is 8.52. The number of carbonyl (C=O) groups excluding carboxylic acids is 1. The molecule has 0 saturated carbocycles. The third kappa shape index (κ3) is 3.47. The second-order valence-corrected chi connectivity index (χ2v) is 8.52. The summed E-state index contributed by atoms with van der Waals surface area (Å²) in [5, 5.41) is 7.28. The Morgan fingerprint density at radius 2 is 1.86 bits per heavy atom. The standard InChI is InChI=1S/C22H30N4O2/c1-15-9-20(24-23-15)14-25(4)21(27)22(26-12-16(2)28-17(3)13-26)10-18-7-5-6-8-19(18)11-22/h5-9,16-17H,10-14H2,1-4H3,(H,23,24)/t16-,17+. The maximum Gasteiger partial charge on any atom is 0.243 e. The van der Waals surface area contributed by atoms with Gasteiger partial charge in [0.2, 0.25) is 5.91 Å². The molecule has 1 fully saturated rings. The van der Waals surface area contributed by atoms with Gasteiger partial charge in [-0.2, -0.15) is 5.10 Å². The summed E-state index contributed by atoms with van der Waals surface area (Å²) in [6.07, 6.45) is 1.75. The van der Waals surface area contributed by atoms with Crippen LogP contribution >= 0.6 is 0 Å². The molecule has 4 rings (SSSR count). The third-order valence-electron chi connectivity index (χ3n) is 6.01. The van der Waals surface area contributed by atoms with E-state index in [4.69, 9.17) is 4.74 Å². The smallest absolute Gasteiger partial charge is 0.243 e. The fraction of sp³-hybridized carbons (Fsp3) is 0.545. The van der Waals surface area contributed by atoms with Crippen LogP contribution in [0, 0.1) is 6.92 Å². The van der Waals surface area contributed by atoms with Crippen LogP contribution in [0.2, 0.25) is 0 Å². The molecule has 1 aromatic carbocycles. The van der Waals surface area contributed by atoms with Crippen LogP contribution in [-0.4, -0.2) is 63.8 Å². The molecule has 1 N–H and O–H groups in total. The SMILES string of the molecule is Cc1cc(CN(C)C(=O)C2(N3C[C@@H](C)O[C@@H](C)C3)Cc3ccccc3C2)n[nH]1. The lowest BCUT2D eigenvalue weighted by atomic mass is 9.89. The summed E-state index contributed by atoms with van der Waals surface area (Å²) in [4.78, 5) is 18.1. The van der Waals surface area contributed by atoms with Crippen LogP contribution in [0.15, 0.2) is 30.3 Å². The zero-order valence-corrected chi connectivity index (χ0v) is 17.2. The Bertz CT molecular complexity index is 827. The fourth-order valence-electron chi connectivity index (χ4n) is 4.86. The molecule has 6 nitrogen and oxygen atoms in total. The summed E-state index contributed by atoms with van der Waals surface area (Å²) in [7, 11) is 1.89. The van der Waals surface area contributed by atoms with Gasteiger partial charge in [-0.1, -0.05) is 24.3 Å². The van der Waals surface area contributed by atoms with Gasteiger partial charge in [0.1, 0.15) is 5.54 Å². The Kier molecular flexibility index (Phi) is 5.02. The summed E-state index contributed by atoms with van der Waals surface area (Å²) in [5.41, 5.74) is 3.92. The van der Waals surface area contributed by atoms with Crippen molar-refractivity contribution in [2.45, 2.75) is 57.9 Å². The highest BCUT2D eigenvalue weighted by Gasteiger charge is 2.51. The van der Waals surface area contributed by atoms with Crippen LogP contribution in [0.4, 0.5) is 0 Å². The number of nitrogens with zero attached hydrogens (tertiary/aromatic N) is 3. The van der Waals surface area contributed by atoms with Crippen molar-refractivity contribution in [2.24, 2.45) is 0 Å². The molecule has 1 aliphatic heterocycles. The molecule has 1 aromatic heterocycles. The highest BCUT2D eigenvalue weighted by Crippen LogP contribution is 2.38. The van der Waals surface area contributed by atoms with Crippen molar-refractivity contribution in [3.8, 4) is 0 Å². The molecule has 1 amide bonds. The number of morpholine rings is 1. The predicted molar refractivity (Wildman–Crippen MR) is 108 cm³/mol. The lowest BCUT2D eigenvalue weighted by Crippen LogP contribution is -2.64. The zero-order chi connectivity index (χ0) is 19.9. The quantitative estimate of drug-likeness (QED) is 0.882. The van der Waals surface area contributed by atoms with E-state index in [9.17, 15) is 4.79 Å². The third-order valence-corrected chi connectivity index (χ3v) is 6.01. The Hall–Kier alpha value is -2.18. The highest BCUT2D eigenvalue weighted by atomic mass is 16.5. The molecule has 2 heterocycles. The molecule has 2 atom stereocenters. The lowest BCUT2D eigenvalue weighted by molar-refractivity contribution is -0.153. The maximum absolute atomic E-state index is 13.9. The van der Waals surface area contributed by atoms with Gasteiger partial charge in [0.05, 0.1) is 24.4 Å². The lowest BCUT2D eigenvalue weighted by Gasteiger charge is -2.47. The minimum atomic E-state index is -0.546. The average molecular weight is 383 g/mol. The van der Waals surface area contributed by atoms with E-state index in [-0.39, 0.29) is 18.1 Å². The monoisotopic (exact) mass is 382 g/mol. The van der Waals surface area contributed by atoms with E-state index in [1.54, 1.807) is 0 Å². The van der Waals surface area contributed by atoms with Crippen molar-refractivity contribution in [1.82, 2.24) is 20.0 Å². The van der Waals surface area contributed by atoms with Crippen molar-refractivity contribution < 1.29 is 9.53 Å². The summed E-state index contributed by atoms with van der Waals surface area (Å²) in [6.45, 7) is 8.23. The number of aromatic amines is 1. The minimum Gasteiger partial charge on any atom is -0.373 e. The summed E-state index contributed by atoms with van der Waals surface area (Å²) < 4.78 is 5.96. The Morgan fingerprint density at radius 1 is 1.25 bits per heavy atom. The number of nitrogens with one attached hydrogen (secondary N) is 1. The van der Waals surface area contributed by atoms with E-state index in [2.05, 4.69) is 53.2 Å². The van der Waals surface area contributed by atoms with Crippen LogP contribution < -0.4 is 0 Å². The van der Waals surface area contributed by atoms with Crippen LogP contribution in [0.5, 0.6) is 0 Å². The van der Waals surface area contributed by atoms with Crippen LogP contribution in [-0.2, 0) is 28.9 Å². The van der Waals surface area contributed by atoms with Crippen molar-refractivity contribution in [2.75, 3.05) is 20.1 Å². The van der Waals surface area contributed by atoms with Gasteiger partial charge < -0.3 is 9.64 Å². The Labute approximate surface area is 166 Å². The van der Waals surface area contributed by atoms with Gasteiger partial charge in [-0.25, -0.2) is 0 Å². The van der Waals surface area contributed by atoms with E-state index in [1.165, 1.54) is 11.1 Å². The number of aryl methyl sites for hydroxylation is 1. The Morgan fingerprint density at radius 3 is 2.39 bits per heavy atom. The first-order chi connectivity index (χ1) is 13.4. The summed E-state index contributed by atoms with van der Waals surface area (Å²) >= 11 is 0. The number of carbonyl (C=O) groups is 1. The molecule has 2 aromatic rings. The molecule has 6 heteroatoms. The molecular weight excluding hydrogens is 352 g/mol. The molecule has 0 bridgehead atoms. The summed E-state index contributed by atoms with van der Waals surface area (Å²) in [6, 6.07) is 10.5. The van der Waals surface area contributed by atoms with Crippen molar-refractivity contribution >= 4 is 5.91 Å². The van der Waals surface area contributed by atoms with Crippen molar-refractivity contribution in [3.63, 3.8) is 0 Å². The van der Waals surface area contributed by atoms with Gasteiger partial charge in [-0.05, 0) is 38.0 Å². The van der Waals surface area contributed by atoms with Crippen molar-refractivity contribution in [3.05, 3.63) is 52.8 Å². The normalized spacial score (nSPS) is 24.1. The minimum absolute atomic E-state index is 0.122. The molecule has 28 heavy (non-hydrogen) atoms. The molecule has 0 spiro atoms.